The van der Waals surface area contributed by atoms with Gasteiger partial charge in [-0.1, -0.05) is 54.6 Å². The second-order valence-electron chi connectivity index (χ2n) is 6.27. The van der Waals surface area contributed by atoms with Gasteiger partial charge in [0.15, 0.2) is 5.96 Å². The van der Waals surface area contributed by atoms with Gasteiger partial charge in [-0.25, -0.2) is 4.99 Å². The Morgan fingerprint density at radius 1 is 0.926 bits per heavy atom. The van der Waals surface area contributed by atoms with Gasteiger partial charge >= 0.3 is 0 Å². The summed E-state index contributed by atoms with van der Waals surface area (Å²) >= 11 is 0. The molecule has 2 N–H and O–H groups in total. The van der Waals surface area contributed by atoms with Crippen molar-refractivity contribution in [1.82, 2.24) is 10.6 Å². The van der Waals surface area contributed by atoms with Crippen LogP contribution in [-0.2, 0) is 29.2 Å². The van der Waals surface area contributed by atoms with Crippen LogP contribution in [0.4, 0.5) is 0 Å². The molecule has 27 heavy (non-hydrogen) atoms. The first-order chi connectivity index (χ1) is 13.3. The molecule has 0 heterocycles. The molecule has 2 aromatic carbocycles. The first-order valence-corrected chi connectivity index (χ1v) is 9.52. The van der Waals surface area contributed by atoms with E-state index >= 15 is 0 Å². The summed E-state index contributed by atoms with van der Waals surface area (Å²) in [6, 6.07) is 18.6. The third-order valence-electron chi connectivity index (χ3n) is 3.95. The topological polar surface area (TPSA) is 54.9 Å². The predicted octanol–water partition coefficient (Wildman–Crippen LogP) is 3.50. The summed E-state index contributed by atoms with van der Waals surface area (Å²) in [5.41, 5.74) is 3.52. The van der Waals surface area contributed by atoms with Crippen molar-refractivity contribution in [1.29, 1.82) is 0 Å². The molecule has 0 saturated heterocycles. The number of hydrogen-bond donors (Lipinski definition) is 2. The molecule has 0 amide bonds. The first kappa shape index (κ1) is 20.9. The Labute approximate surface area is 162 Å². The molecule has 0 unspecified atom stereocenters. The average Bonchev–Trinajstić information content (AvgIpc) is 2.70. The quantitative estimate of drug-likeness (QED) is 0.362. The smallest absolute Gasteiger partial charge is 0.191 e. The van der Waals surface area contributed by atoms with Gasteiger partial charge in [-0.15, -0.1) is 0 Å². The van der Waals surface area contributed by atoms with E-state index in [0.717, 1.165) is 37.6 Å². The molecule has 2 rings (SSSR count). The maximum Gasteiger partial charge on any atom is 0.191 e. The molecule has 0 aliphatic rings. The number of hydrogen-bond acceptors (Lipinski definition) is 3. The Morgan fingerprint density at radius 3 is 2.44 bits per heavy atom. The lowest BCUT2D eigenvalue weighted by Gasteiger charge is -2.11. The number of nitrogens with one attached hydrogen (secondary N) is 2. The van der Waals surface area contributed by atoms with Crippen molar-refractivity contribution in [3.8, 4) is 0 Å². The van der Waals surface area contributed by atoms with Crippen LogP contribution in [-0.4, -0.2) is 32.8 Å². The molecule has 146 valence electrons. The summed E-state index contributed by atoms with van der Waals surface area (Å²) in [6.07, 6.45) is 0.954. The van der Waals surface area contributed by atoms with Gasteiger partial charge in [0.05, 0.1) is 19.8 Å². The Hall–Kier alpha value is -2.37. The van der Waals surface area contributed by atoms with Crippen molar-refractivity contribution in [2.75, 3.05) is 26.8 Å². The molecule has 2 aromatic rings. The molecular formula is C22H31N3O2. The van der Waals surface area contributed by atoms with Crippen LogP contribution >= 0.6 is 0 Å². The van der Waals surface area contributed by atoms with E-state index in [9.17, 15) is 0 Å². The maximum absolute atomic E-state index is 5.83. The van der Waals surface area contributed by atoms with Crippen molar-refractivity contribution in [2.45, 2.75) is 33.1 Å². The zero-order chi connectivity index (χ0) is 19.2. The van der Waals surface area contributed by atoms with Crippen molar-refractivity contribution in [2.24, 2.45) is 4.99 Å². The molecule has 0 bridgehead atoms. The van der Waals surface area contributed by atoms with Crippen LogP contribution in [0.1, 0.15) is 30.0 Å². The molecular weight excluding hydrogens is 338 g/mol. The van der Waals surface area contributed by atoms with E-state index in [1.165, 1.54) is 11.1 Å². The highest BCUT2D eigenvalue weighted by atomic mass is 16.5. The molecule has 5 nitrogen and oxygen atoms in total. The van der Waals surface area contributed by atoms with E-state index in [0.29, 0.717) is 19.8 Å². The summed E-state index contributed by atoms with van der Waals surface area (Å²) in [5, 5.41) is 6.60. The second-order valence-corrected chi connectivity index (χ2v) is 6.27. The van der Waals surface area contributed by atoms with Crippen LogP contribution in [0.15, 0.2) is 59.6 Å². The molecule has 0 radical (unpaired) electrons. The van der Waals surface area contributed by atoms with Crippen molar-refractivity contribution < 1.29 is 9.47 Å². The molecule has 0 aliphatic heterocycles. The van der Waals surface area contributed by atoms with Crippen LogP contribution < -0.4 is 10.6 Å². The standard InChI is InChI=1S/C22H31N3O2/c1-3-23-22(24-13-8-14-26-2)25-16-20-11-7-12-21(15-20)18-27-17-19-9-5-4-6-10-19/h4-7,9-12,15H,3,8,13-14,16-18H2,1-2H3,(H2,23,24,25). The number of guanidine groups is 1. The van der Waals surface area contributed by atoms with E-state index < -0.39 is 0 Å². The lowest BCUT2D eigenvalue weighted by molar-refractivity contribution is 0.107. The van der Waals surface area contributed by atoms with Crippen molar-refractivity contribution >= 4 is 5.96 Å². The fourth-order valence-electron chi connectivity index (χ4n) is 2.61. The van der Waals surface area contributed by atoms with Crippen LogP contribution in [0.5, 0.6) is 0 Å². The van der Waals surface area contributed by atoms with Gasteiger partial charge in [0.1, 0.15) is 0 Å². The minimum atomic E-state index is 0.599. The Bertz CT molecular complexity index is 674. The number of methoxy groups -OCH3 is 1. The van der Waals surface area contributed by atoms with E-state index in [1.54, 1.807) is 7.11 Å². The zero-order valence-electron chi connectivity index (χ0n) is 16.4. The number of ether oxygens (including phenoxy) is 2. The van der Waals surface area contributed by atoms with Crippen LogP contribution in [0.2, 0.25) is 0 Å². The van der Waals surface area contributed by atoms with Crippen LogP contribution in [0.25, 0.3) is 0 Å². The summed E-state index contributed by atoms with van der Waals surface area (Å²) in [7, 11) is 1.72. The third-order valence-corrected chi connectivity index (χ3v) is 3.95. The maximum atomic E-state index is 5.83. The molecule has 0 aromatic heterocycles. The molecule has 0 atom stereocenters. The van der Waals surface area contributed by atoms with Crippen LogP contribution in [0.3, 0.4) is 0 Å². The molecule has 0 aliphatic carbocycles. The SMILES string of the molecule is CCNC(=NCc1cccc(COCc2ccccc2)c1)NCCCOC. The minimum absolute atomic E-state index is 0.599. The molecule has 0 saturated carbocycles. The summed E-state index contributed by atoms with van der Waals surface area (Å²) in [5.74, 6) is 0.833. The number of nitrogens with zero attached hydrogens (tertiary/aromatic N) is 1. The van der Waals surface area contributed by atoms with E-state index in [-0.39, 0.29) is 0 Å². The van der Waals surface area contributed by atoms with Gasteiger partial charge in [0.2, 0.25) is 0 Å². The Kier molecular flexibility index (Phi) is 10.0. The molecule has 5 heteroatoms. The fourth-order valence-corrected chi connectivity index (χ4v) is 2.61. The van der Waals surface area contributed by atoms with E-state index in [1.807, 2.05) is 18.2 Å². The van der Waals surface area contributed by atoms with Gasteiger partial charge < -0.3 is 20.1 Å². The van der Waals surface area contributed by atoms with E-state index in [2.05, 4.69) is 58.9 Å². The van der Waals surface area contributed by atoms with Gasteiger partial charge in [-0.2, -0.15) is 0 Å². The number of aliphatic imine (C=N–C) groups is 1. The lowest BCUT2D eigenvalue weighted by atomic mass is 10.1. The monoisotopic (exact) mass is 369 g/mol. The highest BCUT2D eigenvalue weighted by molar-refractivity contribution is 5.79. The second kappa shape index (κ2) is 12.9. The van der Waals surface area contributed by atoms with Gasteiger partial charge in [-0.05, 0) is 30.0 Å². The third kappa shape index (κ3) is 8.71. The van der Waals surface area contributed by atoms with Crippen molar-refractivity contribution in [3.05, 3.63) is 71.3 Å². The molecule has 0 spiro atoms. The lowest BCUT2D eigenvalue weighted by Crippen LogP contribution is -2.38. The average molecular weight is 370 g/mol. The largest absolute Gasteiger partial charge is 0.385 e. The summed E-state index contributed by atoms with van der Waals surface area (Å²) in [6.45, 7) is 6.35. The normalized spacial score (nSPS) is 11.4. The fraction of sp³-hybridized carbons (Fsp3) is 0.409. The van der Waals surface area contributed by atoms with Crippen molar-refractivity contribution in [3.63, 3.8) is 0 Å². The molecule has 0 fully saturated rings. The first-order valence-electron chi connectivity index (χ1n) is 9.52. The van der Waals surface area contributed by atoms with E-state index in [4.69, 9.17) is 9.47 Å². The minimum Gasteiger partial charge on any atom is -0.385 e. The van der Waals surface area contributed by atoms with Gasteiger partial charge in [0.25, 0.3) is 0 Å². The Morgan fingerprint density at radius 2 is 1.67 bits per heavy atom. The zero-order valence-corrected chi connectivity index (χ0v) is 16.4. The summed E-state index contributed by atoms with van der Waals surface area (Å²) < 4.78 is 10.9. The van der Waals surface area contributed by atoms with Gasteiger partial charge in [0, 0.05) is 26.8 Å². The highest BCUT2D eigenvalue weighted by Crippen LogP contribution is 2.10. The predicted molar refractivity (Wildman–Crippen MR) is 111 cm³/mol. The highest BCUT2D eigenvalue weighted by Gasteiger charge is 2.00. The Balaban J connectivity index is 1.83. The number of benzene rings is 2. The van der Waals surface area contributed by atoms with Gasteiger partial charge in [-0.3, -0.25) is 0 Å². The van der Waals surface area contributed by atoms with Crippen LogP contribution in [0, 0.1) is 0 Å². The summed E-state index contributed by atoms with van der Waals surface area (Å²) in [4.78, 5) is 4.66. The number of rotatable bonds is 11.